The van der Waals surface area contributed by atoms with Crippen molar-refractivity contribution in [2.45, 2.75) is 19.8 Å². The Morgan fingerprint density at radius 1 is 1.24 bits per heavy atom. The van der Waals surface area contributed by atoms with Gasteiger partial charge in [0.25, 0.3) is 5.91 Å². The zero-order valence-corrected chi connectivity index (χ0v) is 16.8. The minimum Gasteiger partial charge on any atom is -0.494 e. The molecule has 0 heterocycles. The molecule has 0 saturated heterocycles. The Hall–Kier alpha value is -1.63. The molecule has 0 unspecified atom stereocenters. The molecule has 0 atom stereocenters. The molecule has 2 aromatic carbocycles. The van der Waals surface area contributed by atoms with Gasteiger partial charge in [-0.05, 0) is 61.1 Å². The van der Waals surface area contributed by atoms with Crippen LogP contribution < -0.4 is 15.4 Å². The van der Waals surface area contributed by atoms with Crippen LogP contribution in [0.4, 0.5) is 5.69 Å². The Kier molecular flexibility index (Phi) is 7.68. The van der Waals surface area contributed by atoms with Crippen LogP contribution in [0.15, 0.2) is 46.9 Å². The maximum absolute atomic E-state index is 12.2. The molecule has 0 aliphatic heterocycles. The average molecular weight is 442 g/mol. The summed E-state index contributed by atoms with van der Waals surface area (Å²) in [7, 11) is 0. The van der Waals surface area contributed by atoms with Crippen LogP contribution in [0.25, 0.3) is 0 Å². The van der Waals surface area contributed by atoms with Gasteiger partial charge in [0.1, 0.15) is 5.75 Å². The maximum atomic E-state index is 12.2. The molecule has 0 saturated carbocycles. The molecule has 132 valence electrons. The van der Waals surface area contributed by atoms with Crippen LogP contribution in [0, 0.1) is 0 Å². The second-order valence-corrected chi connectivity index (χ2v) is 6.99. The van der Waals surface area contributed by atoms with E-state index in [1.165, 1.54) is 0 Å². The number of halogens is 2. The Morgan fingerprint density at radius 3 is 2.60 bits per heavy atom. The fraction of sp³-hybridized carbons (Fsp3) is 0.222. The summed E-state index contributed by atoms with van der Waals surface area (Å²) < 4.78 is 6.44. The summed E-state index contributed by atoms with van der Waals surface area (Å²) in [6, 6.07) is 12.3. The first kappa shape index (κ1) is 19.7. The van der Waals surface area contributed by atoms with Gasteiger partial charge in [0.05, 0.1) is 17.3 Å². The van der Waals surface area contributed by atoms with Crippen molar-refractivity contribution in [3.63, 3.8) is 0 Å². The van der Waals surface area contributed by atoms with Gasteiger partial charge >= 0.3 is 0 Å². The standard InChI is InChI=1S/C18H18BrClN2O2S/c1-2-3-10-24-14-7-4-12(5-8-14)17(23)22-18(25)21-16-9-6-13(19)11-15(16)20/h4-9,11H,2-3,10H2,1H3,(H2,21,22,23,25). The van der Waals surface area contributed by atoms with E-state index in [1.54, 1.807) is 36.4 Å². The first-order valence-electron chi connectivity index (χ1n) is 7.80. The van der Waals surface area contributed by atoms with Gasteiger partial charge in [-0.3, -0.25) is 10.1 Å². The van der Waals surface area contributed by atoms with E-state index in [9.17, 15) is 4.79 Å². The normalized spacial score (nSPS) is 10.2. The van der Waals surface area contributed by atoms with Crippen molar-refractivity contribution >= 4 is 56.5 Å². The molecule has 0 radical (unpaired) electrons. The molecule has 0 bridgehead atoms. The van der Waals surface area contributed by atoms with Crippen molar-refractivity contribution in [1.82, 2.24) is 5.32 Å². The Morgan fingerprint density at radius 2 is 1.96 bits per heavy atom. The van der Waals surface area contributed by atoms with E-state index in [-0.39, 0.29) is 11.0 Å². The molecular formula is C18H18BrClN2O2S. The third-order valence-corrected chi connectivity index (χ3v) is 4.30. The van der Waals surface area contributed by atoms with E-state index in [2.05, 4.69) is 33.5 Å². The first-order valence-corrected chi connectivity index (χ1v) is 9.37. The van der Waals surface area contributed by atoms with E-state index in [1.807, 2.05) is 6.07 Å². The Balaban J connectivity index is 1.91. The topological polar surface area (TPSA) is 50.4 Å². The van der Waals surface area contributed by atoms with Gasteiger partial charge < -0.3 is 10.1 Å². The van der Waals surface area contributed by atoms with Crippen LogP contribution in [-0.4, -0.2) is 17.6 Å². The van der Waals surface area contributed by atoms with Crippen molar-refractivity contribution in [1.29, 1.82) is 0 Å². The SMILES string of the molecule is CCCCOc1ccc(C(=O)NC(=S)Nc2ccc(Br)cc2Cl)cc1. The summed E-state index contributed by atoms with van der Waals surface area (Å²) >= 11 is 14.6. The fourth-order valence-electron chi connectivity index (χ4n) is 1.96. The van der Waals surface area contributed by atoms with Gasteiger partial charge in [0, 0.05) is 10.0 Å². The second-order valence-electron chi connectivity index (χ2n) is 5.26. The lowest BCUT2D eigenvalue weighted by Crippen LogP contribution is -2.34. The summed E-state index contributed by atoms with van der Waals surface area (Å²) in [4.78, 5) is 12.2. The van der Waals surface area contributed by atoms with Gasteiger partial charge in [-0.25, -0.2) is 0 Å². The highest BCUT2D eigenvalue weighted by Gasteiger charge is 2.09. The molecule has 7 heteroatoms. The van der Waals surface area contributed by atoms with E-state index in [0.717, 1.165) is 23.1 Å². The van der Waals surface area contributed by atoms with E-state index in [0.29, 0.717) is 22.9 Å². The molecule has 2 aromatic rings. The molecule has 0 aromatic heterocycles. The van der Waals surface area contributed by atoms with Crippen molar-refractivity contribution in [2.24, 2.45) is 0 Å². The van der Waals surface area contributed by atoms with Gasteiger partial charge in [0.2, 0.25) is 0 Å². The third-order valence-electron chi connectivity index (χ3n) is 3.29. The summed E-state index contributed by atoms with van der Waals surface area (Å²) in [5.74, 6) is 0.443. The third kappa shape index (κ3) is 6.30. The number of amides is 1. The smallest absolute Gasteiger partial charge is 0.257 e. The molecule has 2 rings (SSSR count). The largest absolute Gasteiger partial charge is 0.494 e. The molecule has 4 nitrogen and oxygen atoms in total. The lowest BCUT2D eigenvalue weighted by Gasteiger charge is -2.11. The van der Waals surface area contributed by atoms with Gasteiger partial charge in [-0.1, -0.05) is 40.9 Å². The van der Waals surface area contributed by atoms with Crippen LogP contribution in [0.1, 0.15) is 30.1 Å². The van der Waals surface area contributed by atoms with Gasteiger partial charge in [-0.2, -0.15) is 0 Å². The number of hydrogen-bond donors (Lipinski definition) is 2. The number of ether oxygens (including phenoxy) is 1. The van der Waals surface area contributed by atoms with E-state index >= 15 is 0 Å². The molecule has 2 N–H and O–H groups in total. The minimum atomic E-state index is -0.300. The zero-order chi connectivity index (χ0) is 18.2. The van der Waals surface area contributed by atoms with Crippen molar-refractivity contribution in [3.05, 3.63) is 57.5 Å². The lowest BCUT2D eigenvalue weighted by molar-refractivity contribution is 0.0977. The number of carbonyl (C=O) groups excluding carboxylic acids is 1. The number of nitrogens with one attached hydrogen (secondary N) is 2. The Bertz CT molecular complexity index is 753. The van der Waals surface area contributed by atoms with E-state index < -0.39 is 0 Å². The number of thiocarbonyl (C=S) groups is 1. The number of hydrogen-bond acceptors (Lipinski definition) is 3. The molecule has 0 aliphatic carbocycles. The van der Waals surface area contributed by atoms with Gasteiger partial charge in [-0.15, -0.1) is 0 Å². The summed E-state index contributed by atoms with van der Waals surface area (Å²) in [5.41, 5.74) is 1.11. The Labute approximate surface area is 166 Å². The number of carbonyl (C=O) groups is 1. The van der Waals surface area contributed by atoms with Crippen LogP contribution >= 0.6 is 39.7 Å². The summed E-state index contributed by atoms with van der Waals surface area (Å²) in [6.45, 7) is 2.78. The quantitative estimate of drug-likeness (QED) is 0.465. The lowest BCUT2D eigenvalue weighted by atomic mass is 10.2. The molecule has 0 aliphatic rings. The average Bonchev–Trinajstić information content (AvgIpc) is 2.58. The van der Waals surface area contributed by atoms with Crippen molar-refractivity contribution in [2.75, 3.05) is 11.9 Å². The predicted octanol–water partition coefficient (Wildman–Crippen LogP) is 5.41. The fourth-order valence-corrected chi connectivity index (χ4v) is 2.88. The molecular weight excluding hydrogens is 424 g/mol. The van der Waals surface area contributed by atoms with Crippen LogP contribution in [0.2, 0.25) is 5.02 Å². The molecule has 0 spiro atoms. The van der Waals surface area contributed by atoms with Crippen LogP contribution in [0.5, 0.6) is 5.75 Å². The summed E-state index contributed by atoms with van der Waals surface area (Å²) in [5, 5.41) is 6.21. The molecule has 25 heavy (non-hydrogen) atoms. The number of anilines is 1. The van der Waals surface area contributed by atoms with Gasteiger partial charge in [0.15, 0.2) is 5.11 Å². The highest BCUT2D eigenvalue weighted by molar-refractivity contribution is 9.10. The van der Waals surface area contributed by atoms with Crippen molar-refractivity contribution in [3.8, 4) is 5.75 Å². The molecule has 1 amide bonds. The predicted molar refractivity (Wildman–Crippen MR) is 110 cm³/mol. The molecule has 0 fully saturated rings. The second kappa shape index (κ2) is 9.75. The number of rotatable bonds is 6. The van der Waals surface area contributed by atoms with Crippen LogP contribution in [0.3, 0.4) is 0 Å². The highest BCUT2D eigenvalue weighted by atomic mass is 79.9. The minimum absolute atomic E-state index is 0.178. The van der Waals surface area contributed by atoms with E-state index in [4.69, 9.17) is 28.6 Å². The maximum Gasteiger partial charge on any atom is 0.257 e. The van der Waals surface area contributed by atoms with Crippen LogP contribution in [-0.2, 0) is 0 Å². The highest BCUT2D eigenvalue weighted by Crippen LogP contribution is 2.25. The zero-order valence-electron chi connectivity index (χ0n) is 13.6. The summed E-state index contributed by atoms with van der Waals surface area (Å²) in [6.07, 6.45) is 2.08. The number of benzene rings is 2. The van der Waals surface area contributed by atoms with Crippen molar-refractivity contribution < 1.29 is 9.53 Å². The number of unbranched alkanes of at least 4 members (excludes halogenated alkanes) is 1. The monoisotopic (exact) mass is 440 g/mol. The first-order chi connectivity index (χ1) is 12.0.